The Balaban J connectivity index is 2.24. The Hall–Kier alpha value is -2.97. The van der Waals surface area contributed by atoms with Gasteiger partial charge in [0.05, 0.1) is 11.6 Å². The second kappa shape index (κ2) is 10.1. The number of pyridine rings is 1. The van der Waals surface area contributed by atoms with Crippen LogP contribution >= 0.6 is 0 Å². The quantitative estimate of drug-likeness (QED) is 0.564. The van der Waals surface area contributed by atoms with Crippen molar-refractivity contribution in [2.24, 2.45) is 5.92 Å². The Kier molecular flexibility index (Phi) is 7.98. The van der Waals surface area contributed by atoms with Crippen LogP contribution in [0.15, 0.2) is 36.5 Å². The number of aromatic nitrogens is 1. The molecule has 0 radical (unpaired) electrons. The number of alkyl halides is 3. The van der Waals surface area contributed by atoms with Gasteiger partial charge in [-0.3, -0.25) is 0 Å². The number of rotatable bonds is 7. The topological polar surface area (TPSA) is 86.5 Å². The maximum absolute atomic E-state index is 13.7. The third-order valence-electron chi connectivity index (χ3n) is 4.32. The van der Waals surface area contributed by atoms with Crippen LogP contribution in [0.25, 0.3) is 11.1 Å². The van der Waals surface area contributed by atoms with Crippen molar-refractivity contribution in [3.05, 3.63) is 42.1 Å². The predicted octanol–water partition coefficient (Wildman–Crippen LogP) is 5.67. The van der Waals surface area contributed by atoms with E-state index in [1.165, 1.54) is 24.4 Å². The van der Waals surface area contributed by atoms with E-state index in [1.807, 2.05) is 13.8 Å². The van der Waals surface area contributed by atoms with Gasteiger partial charge in [-0.15, -0.1) is 0 Å². The fourth-order valence-corrected chi connectivity index (χ4v) is 3.09. The number of amides is 1. The second-order valence-electron chi connectivity index (χ2n) is 8.96. The van der Waals surface area contributed by atoms with Gasteiger partial charge in [0.15, 0.2) is 0 Å². The van der Waals surface area contributed by atoms with Gasteiger partial charge in [0, 0.05) is 6.20 Å². The molecule has 0 aliphatic heterocycles. The van der Waals surface area contributed by atoms with Gasteiger partial charge in [-0.2, -0.15) is 13.2 Å². The Morgan fingerprint density at radius 3 is 2.34 bits per heavy atom. The third-order valence-corrected chi connectivity index (χ3v) is 4.32. The van der Waals surface area contributed by atoms with E-state index in [2.05, 4.69) is 10.3 Å². The molecule has 2 rings (SSSR count). The fraction of sp³-hybridized carbons (Fsp3) is 0.478. The van der Waals surface area contributed by atoms with E-state index in [4.69, 9.17) is 15.2 Å². The predicted molar refractivity (Wildman–Crippen MR) is 117 cm³/mol. The molecule has 2 aromatic rings. The first-order valence-electron chi connectivity index (χ1n) is 10.3. The molecule has 0 bridgehead atoms. The van der Waals surface area contributed by atoms with Crippen LogP contribution in [-0.2, 0) is 10.9 Å². The average molecular weight is 454 g/mol. The highest BCUT2D eigenvalue weighted by atomic mass is 19.4. The molecular formula is C23H30F3N3O3. The summed E-state index contributed by atoms with van der Waals surface area (Å²) < 4.78 is 52.0. The summed E-state index contributed by atoms with van der Waals surface area (Å²) in [5.41, 5.74) is 4.89. The van der Waals surface area contributed by atoms with E-state index in [9.17, 15) is 18.0 Å². The van der Waals surface area contributed by atoms with Gasteiger partial charge in [0.2, 0.25) is 0 Å². The molecule has 0 saturated carbocycles. The molecule has 32 heavy (non-hydrogen) atoms. The van der Waals surface area contributed by atoms with Crippen molar-refractivity contribution in [2.75, 3.05) is 12.3 Å². The van der Waals surface area contributed by atoms with Crippen LogP contribution < -0.4 is 15.8 Å². The minimum atomic E-state index is -4.63. The van der Waals surface area contributed by atoms with Crippen molar-refractivity contribution >= 4 is 11.9 Å². The first kappa shape index (κ1) is 25.3. The second-order valence-corrected chi connectivity index (χ2v) is 8.96. The van der Waals surface area contributed by atoms with Gasteiger partial charge < -0.3 is 20.5 Å². The lowest BCUT2D eigenvalue weighted by molar-refractivity contribution is -0.139. The SMILES string of the molecule is CC(C)C[C@@H](COc1ccc(-c2ccnc(N)c2)cc1C(F)(F)F)NC(=O)OC(C)(C)C. The molecule has 0 fully saturated rings. The van der Waals surface area contributed by atoms with E-state index < -0.39 is 29.5 Å². The number of ether oxygens (including phenoxy) is 2. The van der Waals surface area contributed by atoms with Crippen LogP contribution in [0.5, 0.6) is 5.75 Å². The van der Waals surface area contributed by atoms with Gasteiger partial charge >= 0.3 is 12.3 Å². The molecule has 1 atom stereocenters. The summed E-state index contributed by atoms with van der Waals surface area (Å²) in [6, 6.07) is 6.37. The van der Waals surface area contributed by atoms with Crippen LogP contribution in [0.4, 0.5) is 23.8 Å². The van der Waals surface area contributed by atoms with Crippen molar-refractivity contribution in [2.45, 2.75) is 58.9 Å². The molecule has 1 aromatic carbocycles. The smallest absolute Gasteiger partial charge is 0.419 e. The number of nitrogens with one attached hydrogen (secondary N) is 1. The normalized spacial score (nSPS) is 13.0. The molecule has 0 aliphatic rings. The molecule has 3 N–H and O–H groups in total. The first-order valence-corrected chi connectivity index (χ1v) is 10.3. The third kappa shape index (κ3) is 7.94. The molecule has 1 heterocycles. The summed E-state index contributed by atoms with van der Waals surface area (Å²) in [4.78, 5) is 16.0. The lowest BCUT2D eigenvalue weighted by Crippen LogP contribution is -2.42. The summed E-state index contributed by atoms with van der Waals surface area (Å²) in [5, 5.41) is 2.69. The zero-order chi connectivity index (χ0) is 24.1. The van der Waals surface area contributed by atoms with Crippen LogP contribution in [0.1, 0.15) is 46.6 Å². The summed E-state index contributed by atoms with van der Waals surface area (Å²) >= 11 is 0. The van der Waals surface area contributed by atoms with Gasteiger partial charge in [0.25, 0.3) is 0 Å². The Morgan fingerprint density at radius 2 is 1.78 bits per heavy atom. The zero-order valence-electron chi connectivity index (χ0n) is 18.9. The van der Waals surface area contributed by atoms with Crippen LogP contribution in [-0.4, -0.2) is 29.3 Å². The number of carbonyl (C=O) groups excluding carboxylic acids is 1. The first-order chi connectivity index (χ1) is 14.7. The molecule has 0 unspecified atom stereocenters. The summed E-state index contributed by atoms with van der Waals surface area (Å²) in [7, 11) is 0. The highest BCUT2D eigenvalue weighted by Crippen LogP contribution is 2.39. The molecule has 0 saturated heterocycles. The van der Waals surface area contributed by atoms with Crippen LogP contribution in [0.2, 0.25) is 0 Å². The number of anilines is 1. The van der Waals surface area contributed by atoms with Crippen molar-refractivity contribution in [1.82, 2.24) is 10.3 Å². The molecule has 6 nitrogen and oxygen atoms in total. The molecule has 1 aromatic heterocycles. The maximum Gasteiger partial charge on any atom is 0.419 e. The number of hydrogen-bond acceptors (Lipinski definition) is 5. The van der Waals surface area contributed by atoms with E-state index in [-0.39, 0.29) is 24.1 Å². The number of hydrogen-bond donors (Lipinski definition) is 2. The molecule has 1 amide bonds. The highest BCUT2D eigenvalue weighted by Gasteiger charge is 2.35. The largest absolute Gasteiger partial charge is 0.491 e. The van der Waals surface area contributed by atoms with Gasteiger partial charge in [0.1, 0.15) is 23.8 Å². The Morgan fingerprint density at radius 1 is 1.12 bits per heavy atom. The van der Waals surface area contributed by atoms with Crippen molar-refractivity contribution in [3.8, 4) is 16.9 Å². The minimum absolute atomic E-state index is 0.137. The molecular weight excluding hydrogens is 423 g/mol. The van der Waals surface area contributed by atoms with Gasteiger partial charge in [-0.05, 0) is 68.5 Å². The summed E-state index contributed by atoms with van der Waals surface area (Å²) in [5.74, 6) is 0.0734. The van der Waals surface area contributed by atoms with E-state index in [0.29, 0.717) is 17.5 Å². The van der Waals surface area contributed by atoms with E-state index in [1.54, 1.807) is 26.8 Å². The Labute approximate surface area is 186 Å². The Bertz CT molecular complexity index is 925. The standard InChI is InChI=1S/C23H30F3N3O3/c1-14(2)10-17(29-21(30)32-22(3,4)5)13-31-19-7-6-15(11-18(19)23(24,25)26)16-8-9-28-20(27)12-16/h6-9,11-12,14,17H,10,13H2,1-5H3,(H2,27,28)(H,29,30)/t17-/m0/s1. The number of halogens is 3. The van der Waals surface area contributed by atoms with Crippen molar-refractivity contribution < 1.29 is 27.4 Å². The monoisotopic (exact) mass is 453 g/mol. The van der Waals surface area contributed by atoms with E-state index >= 15 is 0 Å². The summed E-state index contributed by atoms with van der Waals surface area (Å²) in [6.07, 6.45) is -3.33. The number of nitrogens with zero attached hydrogens (tertiary/aromatic N) is 1. The van der Waals surface area contributed by atoms with Crippen molar-refractivity contribution in [3.63, 3.8) is 0 Å². The number of benzene rings is 1. The van der Waals surface area contributed by atoms with Crippen molar-refractivity contribution in [1.29, 1.82) is 0 Å². The van der Waals surface area contributed by atoms with E-state index in [0.717, 1.165) is 6.07 Å². The fourth-order valence-electron chi connectivity index (χ4n) is 3.09. The van der Waals surface area contributed by atoms with Crippen LogP contribution in [0.3, 0.4) is 0 Å². The maximum atomic E-state index is 13.7. The number of nitrogen functional groups attached to an aromatic ring is 1. The number of nitrogens with two attached hydrogens (primary N) is 1. The number of alkyl carbamates (subject to hydrolysis) is 1. The molecule has 0 aliphatic carbocycles. The molecule has 0 spiro atoms. The lowest BCUT2D eigenvalue weighted by atomic mass is 10.0. The molecule has 9 heteroatoms. The number of carbonyl (C=O) groups is 1. The summed E-state index contributed by atoms with van der Waals surface area (Å²) in [6.45, 7) is 8.94. The van der Waals surface area contributed by atoms with Crippen LogP contribution in [0, 0.1) is 5.92 Å². The van der Waals surface area contributed by atoms with Gasteiger partial charge in [-0.1, -0.05) is 19.9 Å². The minimum Gasteiger partial charge on any atom is -0.491 e. The van der Waals surface area contributed by atoms with Gasteiger partial charge in [-0.25, -0.2) is 9.78 Å². The average Bonchev–Trinajstić information content (AvgIpc) is 2.63. The zero-order valence-corrected chi connectivity index (χ0v) is 18.9. The highest BCUT2D eigenvalue weighted by molar-refractivity contribution is 5.68. The lowest BCUT2D eigenvalue weighted by Gasteiger charge is -2.25. The molecule has 176 valence electrons.